The van der Waals surface area contributed by atoms with Crippen LogP contribution in [0.3, 0.4) is 0 Å². The maximum Gasteiger partial charge on any atom is 0.413 e. The van der Waals surface area contributed by atoms with E-state index >= 15 is 14.4 Å². The molecule has 0 aromatic heterocycles. The lowest BCUT2D eigenvalue weighted by Gasteiger charge is -2.41. The van der Waals surface area contributed by atoms with Gasteiger partial charge in [0.05, 0.1) is 25.0 Å². The summed E-state index contributed by atoms with van der Waals surface area (Å²) >= 11 is 0. The van der Waals surface area contributed by atoms with E-state index in [1.165, 1.54) is 83.0 Å². The topological polar surface area (TPSA) is 393 Å². The molecule has 12 atom stereocenters. The lowest BCUT2D eigenvalue weighted by Crippen LogP contribution is -2.63. The van der Waals surface area contributed by atoms with Crippen LogP contribution in [0.2, 0.25) is 0 Å². The van der Waals surface area contributed by atoms with Crippen LogP contribution in [0.15, 0.2) is 48.5 Å². The summed E-state index contributed by atoms with van der Waals surface area (Å²) in [7, 11) is 8.24. The van der Waals surface area contributed by atoms with Crippen LogP contribution in [0.5, 0.6) is 11.5 Å². The number of non-ortho nitro benzene ring substituents is 1. The lowest BCUT2D eigenvalue weighted by atomic mass is 9.92. The zero-order chi connectivity index (χ0) is 77.7. The Morgan fingerprint density at radius 1 is 0.608 bits per heavy atom. The van der Waals surface area contributed by atoms with E-state index < -0.39 is 191 Å². The second-order valence-electron chi connectivity index (χ2n) is 28.3. The summed E-state index contributed by atoms with van der Waals surface area (Å²) in [4.78, 5) is 201. The molecule has 1 heterocycles. The number of nitrogens with one attached hydrogen (secondary N) is 5. The van der Waals surface area contributed by atoms with E-state index in [9.17, 15) is 63.2 Å². The summed E-state index contributed by atoms with van der Waals surface area (Å²) < 4.78 is 16.0. The highest BCUT2D eigenvalue weighted by molar-refractivity contribution is 6.00. The first-order valence-corrected chi connectivity index (χ1v) is 34.6. The van der Waals surface area contributed by atoms with Gasteiger partial charge >= 0.3 is 18.0 Å². The maximum absolute atomic E-state index is 15.4. The van der Waals surface area contributed by atoms with Crippen LogP contribution in [0.25, 0.3) is 0 Å². The molecular formula is C71H110N12O19. The van der Waals surface area contributed by atoms with Gasteiger partial charge in [-0.3, -0.25) is 62.9 Å². The van der Waals surface area contributed by atoms with Gasteiger partial charge in [-0.1, -0.05) is 94.2 Å². The third-order valence-electron chi connectivity index (χ3n) is 18.3. The molecule has 0 saturated carbocycles. The third kappa shape index (κ3) is 24.1. The number of carbonyl (C=O) groups is 13. The highest BCUT2D eigenvalue weighted by Crippen LogP contribution is 2.27. The number of likely N-dealkylation sites (N-methyl/N-ethyl adjacent to an activating group) is 5. The smallest absolute Gasteiger partial charge is 0.413 e. The molecule has 1 saturated heterocycles. The van der Waals surface area contributed by atoms with Crippen molar-refractivity contribution in [1.29, 1.82) is 0 Å². The number of rotatable bonds is 35. The lowest BCUT2D eigenvalue weighted by molar-refractivity contribution is -0.384. The molecule has 2 aromatic carbocycles. The van der Waals surface area contributed by atoms with Gasteiger partial charge in [0.2, 0.25) is 59.1 Å². The van der Waals surface area contributed by atoms with Gasteiger partial charge in [-0.05, 0) is 113 Å². The monoisotopic (exact) mass is 1430 g/mol. The standard InChI is InChI=1S/C71H110N12O19/c1-22-42(9)58(61(87)72-38-53(84)78(17)56(40(5)6)62(88)75-50(69(95)96)36-46-27-31-48(100-21)32-28-46)80(19)68(94)59(43(10)23-2)81(20)66(92)52(37-54(85)102-71(13,14)15)77(16)67(93)55(39(3)4)76-63(89)57(41(7)8)79(18)65(91)51-26-24-25-35-82(51)64(90)45(12)73-60(86)44(11)74-70(97)101-49-33-29-47(30-34-49)83(98)99/h27-34,39-45,50-52,55-59H,22-26,35-38H2,1-21H3,(H,72,87)(H,73,86)(H,74,97)(H,75,88)(H,76,89)(H,95,96)/t42-,43-,44?,45+,50-,51-,52-,55-,56-,57-,58-,59-/m0/s1. The molecular weight excluding hydrogens is 1320 g/mol. The Kier molecular flexibility index (Phi) is 33.3. The molecule has 6 N–H and O–H groups in total. The summed E-state index contributed by atoms with van der Waals surface area (Å²) in [5.74, 6) is -12.1. The summed E-state index contributed by atoms with van der Waals surface area (Å²) in [6.45, 7) is 24.1. The van der Waals surface area contributed by atoms with Crippen LogP contribution in [-0.2, 0) is 68.7 Å². The first-order chi connectivity index (χ1) is 47.5. The molecule has 0 radical (unpaired) electrons. The number of carboxylic acid groups (broad SMARTS) is 1. The third-order valence-corrected chi connectivity index (χ3v) is 18.3. The highest BCUT2D eigenvalue weighted by atomic mass is 16.6. The second kappa shape index (κ2) is 39.1. The number of benzene rings is 2. The Morgan fingerprint density at radius 2 is 1.14 bits per heavy atom. The molecule has 568 valence electrons. The van der Waals surface area contributed by atoms with Gasteiger partial charge in [0.15, 0.2) is 0 Å². The van der Waals surface area contributed by atoms with E-state index in [2.05, 4.69) is 26.6 Å². The quantitative estimate of drug-likeness (QED) is 0.0318. The largest absolute Gasteiger partial charge is 0.497 e. The maximum atomic E-state index is 15.4. The van der Waals surface area contributed by atoms with Crippen LogP contribution < -0.4 is 36.1 Å². The van der Waals surface area contributed by atoms with Crippen molar-refractivity contribution < 1.29 is 86.6 Å². The first kappa shape index (κ1) is 86.8. The molecule has 1 aliphatic heterocycles. The molecule has 0 bridgehead atoms. The SMILES string of the molecule is CC[C@H](C)[C@@H](C(=O)NCC(=O)N(C)[C@H](C(=O)N[C@@H](Cc1ccc(OC)cc1)C(=O)O)C(C)C)N(C)C(=O)[C@H]([C@@H](C)CC)N(C)C(=O)[C@H](CC(=O)OC(C)(C)C)N(C)C(=O)[C@@H](NC(=O)[C@H](C(C)C)N(C)C(=O)[C@@H]1CCCCN1C(=O)[C@@H](C)NC(=O)C(C)NC(=O)Oc1ccc([N+](=O)[O-])cc1)C(C)C. The van der Waals surface area contributed by atoms with Gasteiger partial charge in [-0.15, -0.1) is 0 Å². The molecule has 31 nitrogen and oxygen atoms in total. The van der Waals surface area contributed by atoms with Crippen LogP contribution in [0, 0.1) is 39.7 Å². The number of hydrogen-bond acceptors (Lipinski definition) is 18. The number of likely N-dealkylation sites (tertiary alicyclic amines) is 1. The van der Waals surface area contributed by atoms with Crippen molar-refractivity contribution in [3.05, 3.63) is 64.2 Å². The van der Waals surface area contributed by atoms with E-state index in [4.69, 9.17) is 14.2 Å². The number of esters is 1. The van der Waals surface area contributed by atoms with Gasteiger partial charge in [0, 0.05) is 60.3 Å². The number of nitro groups is 1. The van der Waals surface area contributed by atoms with Crippen molar-refractivity contribution in [2.45, 2.75) is 215 Å². The Balaban J connectivity index is 1.90. The van der Waals surface area contributed by atoms with E-state index in [0.29, 0.717) is 37.0 Å². The summed E-state index contributed by atoms with van der Waals surface area (Å²) in [5, 5.41) is 34.0. The number of carbonyl (C=O) groups excluding carboxylic acids is 12. The molecule has 11 amide bonds. The number of hydrogen-bond donors (Lipinski definition) is 6. The van der Waals surface area contributed by atoms with E-state index in [0.717, 1.165) is 26.8 Å². The van der Waals surface area contributed by atoms with Gasteiger partial charge in [-0.2, -0.15) is 0 Å². The number of carboxylic acids is 1. The second-order valence-corrected chi connectivity index (χ2v) is 28.3. The average molecular weight is 1440 g/mol. The number of piperidine rings is 1. The van der Waals surface area contributed by atoms with Crippen molar-refractivity contribution in [1.82, 2.24) is 56.0 Å². The number of ether oxygens (including phenoxy) is 3. The molecule has 102 heavy (non-hydrogen) atoms. The number of aliphatic carboxylic acids is 1. The van der Waals surface area contributed by atoms with Gasteiger partial charge in [0.1, 0.15) is 77.5 Å². The van der Waals surface area contributed by atoms with Gasteiger partial charge in [-0.25, -0.2) is 9.59 Å². The van der Waals surface area contributed by atoms with Crippen molar-refractivity contribution in [2.75, 3.05) is 55.4 Å². The summed E-state index contributed by atoms with van der Waals surface area (Å²) in [5.41, 5.74) is -0.690. The fourth-order valence-electron chi connectivity index (χ4n) is 12.2. The molecule has 3 rings (SSSR count). The number of methoxy groups -OCH3 is 1. The number of nitro benzene ring substituents is 1. The Morgan fingerprint density at radius 3 is 1.65 bits per heavy atom. The van der Waals surface area contributed by atoms with Crippen LogP contribution in [0.4, 0.5) is 10.5 Å². The molecule has 1 fully saturated rings. The van der Waals surface area contributed by atoms with E-state index in [1.807, 2.05) is 0 Å². The van der Waals surface area contributed by atoms with E-state index in [-0.39, 0.29) is 30.8 Å². The zero-order valence-electron chi connectivity index (χ0n) is 63.1. The molecule has 0 aliphatic carbocycles. The predicted octanol–water partition coefficient (Wildman–Crippen LogP) is 4.31. The van der Waals surface area contributed by atoms with Gasteiger partial charge in [0.25, 0.3) is 5.69 Å². The molecule has 1 aliphatic rings. The summed E-state index contributed by atoms with van der Waals surface area (Å²) in [6.07, 6.45) is 0.0528. The normalized spacial score (nSPS) is 16.3. The fraction of sp³-hybridized carbons (Fsp3) is 0.648. The van der Waals surface area contributed by atoms with Crippen molar-refractivity contribution in [3.63, 3.8) is 0 Å². The Labute approximate surface area is 598 Å². The highest BCUT2D eigenvalue weighted by Gasteiger charge is 2.46. The average Bonchev–Trinajstić information content (AvgIpc) is 0.801. The zero-order valence-corrected chi connectivity index (χ0v) is 63.1. The minimum Gasteiger partial charge on any atom is -0.497 e. The Hall–Kier alpha value is -9.45. The summed E-state index contributed by atoms with van der Waals surface area (Å²) in [6, 6.07) is -1.68. The first-order valence-electron chi connectivity index (χ1n) is 34.6. The van der Waals surface area contributed by atoms with Crippen LogP contribution in [-0.4, -0.2) is 238 Å². The van der Waals surface area contributed by atoms with Gasteiger partial charge < -0.3 is 75.3 Å². The Bertz CT molecular complexity index is 3290. The molecule has 2 aromatic rings. The van der Waals surface area contributed by atoms with Crippen molar-refractivity contribution in [3.8, 4) is 11.5 Å². The minimum absolute atomic E-state index is 0.0346. The fourth-order valence-corrected chi connectivity index (χ4v) is 12.2. The molecule has 0 spiro atoms. The number of amides is 11. The minimum atomic E-state index is -1.67. The van der Waals surface area contributed by atoms with Crippen LogP contribution >= 0.6 is 0 Å². The van der Waals surface area contributed by atoms with Crippen molar-refractivity contribution in [2.24, 2.45) is 29.6 Å². The molecule has 1 unspecified atom stereocenters. The molecule has 31 heteroatoms. The predicted molar refractivity (Wildman–Crippen MR) is 377 cm³/mol. The van der Waals surface area contributed by atoms with Crippen LogP contribution in [0.1, 0.15) is 148 Å². The van der Waals surface area contributed by atoms with E-state index in [1.54, 1.807) is 114 Å². The number of nitrogens with zero attached hydrogens (tertiary/aromatic N) is 7. The van der Waals surface area contributed by atoms with Crippen molar-refractivity contribution >= 4 is 82.8 Å².